The van der Waals surface area contributed by atoms with Gasteiger partial charge in [0.2, 0.25) is 0 Å². The third-order valence-corrected chi connectivity index (χ3v) is 11.7. The number of furan rings is 1. The fraction of sp³-hybridized carbons (Fsp3) is 0. The van der Waals surface area contributed by atoms with Gasteiger partial charge in [-0.25, -0.2) is 15.0 Å². The summed E-state index contributed by atoms with van der Waals surface area (Å²) in [7, 11) is 0. The average Bonchev–Trinajstić information content (AvgIpc) is 3.72. The summed E-state index contributed by atoms with van der Waals surface area (Å²) in [6.45, 7) is 0. The van der Waals surface area contributed by atoms with Crippen LogP contribution >= 0.6 is 0 Å². The summed E-state index contributed by atoms with van der Waals surface area (Å²) >= 11 is 0. The van der Waals surface area contributed by atoms with Gasteiger partial charge >= 0.3 is 0 Å². The Morgan fingerprint density at radius 3 is 1.58 bits per heavy atom. The summed E-state index contributed by atoms with van der Waals surface area (Å²) in [5.74, 6) is 0.655. The van der Waals surface area contributed by atoms with E-state index in [0.29, 0.717) is 5.82 Å². The summed E-state index contributed by atoms with van der Waals surface area (Å²) in [6, 6.07) is 70.3. The Kier molecular flexibility index (Phi) is 7.50. The predicted octanol–water partition coefficient (Wildman–Crippen LogP) is 14.7. The van der Waals surface area contributed by atoms with Gasteiger partial charge in [-0.3, -0.25) is 0 Å². The minimum Gasteiger partial charge on any atom is -0.454 e. The normalized spacial score (nSPS) is 11.7. The zero-order valence-corrected chi connectivity index (χ0v) is 31.8. The van der Waals surface area contributed by atoms with Crippen LogP contribution in [0.1, 0.15) is 0 Å². The summed E-state index contributed by atoms with van der Waals surface area (Å²) < 4.78 is 6.50. The Morgan fingerprint density at radius 1 is 0.305 bits per heavy atom. The van der Waals surface area contributed by atoms with Gasteiger partial charge in [0.25, 0.3) is 0 Å². The predicted molar refractivity (Wildman–Crippen MR) is 244 cm³/mol. The molecule has 4 heteroatoms. The molecular formula is C55H33N3O. The zero-order valence-electron chi connectivity index (χ0n) is 31.8. The van der Waals surface area contributed by atoms with Crippen molar-refractivity contribution in [2.24, 2.45) is 0 Å². The smallest absolute Gasteiger partial charge is 0.162 e. The second-order valence-corrected chi connectivity index (χ2v) is 15.1. The van der Waals surface area contributed by atoms with Crippen molar-refractivity contribution in [2.75, 3.05) is 0 Å². The number of pyridine rings is 1. The fourth-order valence-electron chi connectivity index (χ4n) is 8.83. The van der Waals surface area contributed by atoms with Crippen LogP contribution in [0.3, 0.4) is 0 Å². The largest absolute Gasteiger partial charge is 0.454 e. The lowest BCUT2D eigenvalue weighted by molar-refractivity contribution is 0.669. The molecule has 0 fully saturated rings. The molecule has 0 aliphatic rings. The molecule has 0 aliphatic heterocycles. The van der Waals surface area contributed by atoms with Crippen molar-refractivity contribution in [3.8, 4) is 56.3 Å². The van der Waals surface area contributed by atoms with E-state index < -0.39 is 0 Å². The first-order chi connectivity index (χ1) is 29.2. The molecular weight excluding hydrogens is 719 g/mol. The molecule has 0 N–H and O–H groups in total. The second-order valence-electron chi connectivity index (χ2n) is 15.1. The van der Waals surface area contributed by atoms with Crippen molar-refractivity contribution < 1.29 is 4.42 Å². The molecule has 4 nitrogen and oxygen atoms in total. The van der Waals surface area contributed by atoms with Gasteiger partial charge in [0.05, 0.1) is 16.9 Å². The number of benzene rings is 9. The van der Waals surface area contributed by atoms with E-state index in [1.165, 1.54) is 32.3 Å². The standard InChI is InChI=1S/C55H33N3O/c1-2-13-34(14-3-1)49-33-50(39-16-12-15-37(31-39)38-29-30-44-42-19-5-4-17-40(42)41-18-6-7-20-43(41)47(44)32-38)58-55(57-49)36-27-25-35(26-28-36)53-54-52(45-21-8-10-23-48(45)56-53)46-22-9-11-24-51(46)59-54/h1-33H. The molecule has 9 aromatic carbocycles. The van der Waals surface area contributed by atoms with Gasteiger partial charge in [0.1, 0.15) is 11.3 Å². The highest BCUT2D eigenvalue weighted by molar-refractivity contribution is 6.26. The SMILES string of the molecule is c1ccc(-c2cc(-c3cccc(-c4ccc5c6ccccc6c6ccccc6c5c4)c3)nc(-c3ccc(-c4nc5ccccc5c5c4oc4ccccc45)cc3)n2)cc1. The molecule has 12 aromatic rings. The molecule has 0 unspecified atom stereocenters. The van der Waals surface area contributed by atoms with Gasteiger partial charge in [0, 0.05) is 38.4 Å². The molecule has 3 aromatic heterocycles. The van der Waals surface area contributed by atoms with E-state index >= 15 is 0 Å². The first-order valence-corrected chi connectivity index (χ1v) is 19.9. The molecule has 0 spiro atoms. The Bertz CT molecular complexity index is 3570. The van der Waals surface area contributed by atoms with Crippen molar-refractivity contribution in [3.63, 3.8) is 0 Å². The van der Waals surface area contributed by atoms with Gasteiger partial charge in [-0.2, -0.15) is 0 Å². The summed E-state index contributed by atoms with van der Waals surface area (Å²) in [5, 5.41) is 10.8. The van der Waals surface area contributed by atoms with Gasteiger partial charge < -0.3 is 4.42 Å². The van der Waals surface area contributed by atoms with E-state index in [1.54, 1.807) is 0 Å². The number of hydrogen-bond acceptors (Lipinski definition) is 4. The molecule has 0 saturated carbocycles. The molecule has 0 atom stereocenters. The number of para-hydroxylation sites is 2. The molecule has 0 amide bonds. The minimum absolute atomic E-state index is 0.655. The lowest BCUT2D eigenvalue weighted by atomic mass is 9.91. The van der Waals surface area contributed by atoms with Crippen LogP contribution in [0.4, 0.5) is 0 Å². The molecule has 0 saturated heterocycles. The monoisotopic (exact) mass is 751 g/mol. The van der Waals surface area contributed by atoms with Crippen LogP contribution in [0.2, 0.25) is 0 Å². The van der Waals surface area contributed by atoms with E-state index in [2.05, 4.69) is 164 Å². The number of rotatable bonds is 5. The van der Waals surface area contributed by atoms with Crippen molar-refractivity contribution in [1.82, 2.24) is 15.0 Å². The highest BCUT2D eigenvalue weighted by Gasteiger charge is 2.19. The van der Waals surface area contributed by atoms with E-state index in [-0.39, 0.29) is 0 Å². The lowest BCUT2D eigenvalue weighted by Gasteiger charge is -2.13. The molecule has 0 aliphatic carbocycles. The Balaban J connectivity index is 0.972. The van der Waals surface area contributed by atoms with E-state index in [9.17, 15) is 0 Å². The van der Waals surface area contributed by atoms with Crippen LogP contribution in [-0.4, -0.2) is 15.0 Å². The summed E-state index contributed by atoms with van der Waals surface area (Å²) in [6.07, 6.45) is 0. The van der Waals surface area contributed by atoms with E-state index in [0.717, 1.165) is 83.3 Å². The molecule has 59 heavy (non-hydrogen) atoms. The van der Waals surface area contributed by atoms with Crippen LogP contribution < -0.4 is 0 Å². The van der Waals surface area contributed by atoms with Crippen molar-refractivity contribution in [2.45, 2.75) is 0 Å². The highest BCUT2D eigenvalue weighted by atomic mass is 16.3. The van der Waals surface area contributed by atoms with Gasteiger partial charge in [-0.05, 0) is 73.8 Å². The topological polar surface area (TPSA) is 51.8 Å². The second kappa shape index (κ2) is 13.3. The average molecular weight is 752 g/mol. The van der Waals surface area contributed by atoms with Crippen LogP contribution in [0.25, 0.3) is 121 Å². The quantitative estimate of drug-likeness (QED) is 0.164. The lowest BCUT2D eigenvalue weighted by Crippen LogP contribution is -1.96. The maximum atomic E-state index is 6.50. The number of aromatic nitrogens is 3. The third-order valence-electron chi connectivity index (χ3n) is 11.7. The summed E-state index contributed by atoms with van der Waals surface area (Å²) in [5.41, 5.74) is 11.3. The zero-order chi connectivity index (χ0) is 38.9. The Hall–Kier alpha value is -7.95. The van der Waals surface area contributed by atoms with Gasteiger partial charge in [-0.1, -0.05) is 170 Å². The van der Waals surface area contributed by atoms with E-state index in [1.807, 2.05) is 36.4 Å². The number of hydrogen-bond donors (Lipinski definition) is 0. The van der Waals surface area contributed by atoms with Crippen molar-refractivity contribution in [3.05, 3.63) is 200 Å². The first-order valence-electron chi connectivity index (χ1n) is 19.9. The van der Waals surface area contributed by atoms with Crippen LogP contribution in [0.15, 0.2) is 205 Å². The Morgan fingerprint density at radius 2 is 0.831 bits per heavy atom. The third kappa shape index (κ3) is 5.49. The van der Waals surface area contributed by atoms with Crippen LogP contribution in [0, 0.1) is 0 Å². The molecule has 3 heterocycles. The first kappa shape index (κ1) is 33.2. The maximum absolute atomic E-state index is 6.50. The fourth-order valence-corrected chi connectivity index (χ4v) is 8.83. The minimum atomic E-state index is 0.655. The van der Waals surface area contributed by atoms with Crippen LogP contribution in [-0.2, 0) is 0 Å². The molecule has 0 bridgehead atoms. The number of fused-ring (bicyclic) bond motifs is 11. The van der Waals surface area contributed by atoms with Crippen molar-refractivity contribution in [1.29, 1.82) is 0 Å². The van der Waals surface area contributed by atoms with Crippen molar-refractivity contribution >= 4 is 65.2 Å². The maximum Gasteiger partial charge on any atom is 0.162 e. The summed E-state index contributed by atoms with van der Waals surface area (Å²) in [4.78, 5) is 15.5. The van der Waals surface area contributed by atoms with Gasteiger partial charge in [0.15, 0.2) is 11.4 Å². The van der Waals surface area contributed by atoms with Gasteiger partial charge in [-0.15, -0.1) is 0 Å². The Labute approximate surface area is 339 Å². The number of nitrogens with zero attached hydrogens (tertiary/aromatic N) is 3. The molecule has 0 radical (unpaired) electrons. The molecule has 274 valence electrons. The van der Waals surface area contributed by atoms with E-state index in [4.69, 9.17) is 19.4 Å². The molecule has 12 rings (SSSR count). The highest BCUT2D eigenvalue weighted by Crippen LogP contribution is 2.41. The van der Waals surface area contributed by atoms with Crippen LogP contribution in [0.5, 0.6) is 0 Å².